The van der Waals surface area contributed by atoms with Gasteiger partial charge < -0.3 is 10.6 Å². The van der Waals surface area contributed by atoms with E-state index in [1.165, 1.54) is 0 Å². The Kier molecular flexibility index (Phi) is 10.5. The molecule has 0 bridgehead atoms. The molecular formula is C17H31N2O3. The van der Waals surface area contributed by atoms with Gasteiger partial charge in [0.15, 0.2) is 5.78 Å². The van der Waals surface area contributed by atoms with Gasteiger partial charge in [0, 0.05) is 12.8 Å². The fraction of sp³-hybridized carbons (Fsp3) is 0.765. The van der Waals surface area contributed by atoms with Gasteiger partial charge in [-0.1, -0.05) is 34.6 Å². The van der Waals surface area contributed by atoms with Crippen molar-refractivity contribution in [2.75, 3.05) is 6.54 Å². The Bertz CT molecular complexity index is 365. The van der Waals surface area contributed by atoms with Gasteiger partial charge in [0.05, 0.1) is 6.54 Å². The molecule has 0 fully saturated rings. The largest absolute Gasteiger partial charge is 0.347 e. The second-order valence-corrected chi connectivity index (χ2v) is 6.48. The van der Waals surface area contributed by atoms with Gasteiger partial charge in [-0.15, -0.1) is 0 Å². The zero-order valence-corrected chi connectivity index (χ0v) is 14.6. The third-order valence-electron chi connectivity index (χ3n) is 3.18. The Morgan fingerprint density at radius 1 is 1.05 bits per heavy atom. The molecule has 5 nitrogen and oxygen atoms in total. The van der Waals surface area contributed by atoms with Crippen molar-refractivity contribution >= 4 is 17.6 Å². The molecule has 0 aliphatic rings. The number of ketones is 1. The van der Waals surface area contributed by atoms with E-state index < -0.39 is 6.04 Å². The topological polar surface area (TPSA) is 75.3 Å². The average Bonchev–Trinajstić information content (AvgIpc) is 2.41. The maximum Gasteiger partial charge on any atom is 0.242 e. The monoisotopic (exact) mass is 311 g/mol. The van der Waals surface area contributed by atoms with E-state index in [0.717, 1.165) is 6.42 Å². The van der Waals surface area contributed by atoms with Crippen LogP contribution in [0.3, 0.4) is 0 Å². The van der Waals surface area contributed by atoms with Crippen LogP contribution in [0.4, 0.5) is 0 Å². The van der Waals surface area contributed by atoms with Gasteiger partial charge >= 0.3 is 0 Å². The van der Waals surface area contributed by atoms with Crippen molar-refractivity contribution in [1.82, 2.24) is 10.6 Å². The highest BCUT2D eigenvalue weighted by molar-refractivity contribution is 5.94. The van der Waals surface area contributed by atoms with Gasteiger partial charge in [0.1, 0.15) is 6.04 Å². The number of nitrogens with one attached hydrogen (secondary N) is 2. The zero-order chi connectivity index (χ0) is 17.1. The maximum atomic E-state index is 12.2. The molecule has 5 heteroatoms. The van der Waals surface area contributed by atoms with Crippen LogP contribution in [0.2, 0.25) is 0 Å². The van der Waals surface area contributed by atoms with E-state index in [0.29, 0.717) is 25.2 Å². The fourth-order valence-corrected chi connectivity index (χ4v) is 1.99. The predicted molar refractivity (Wildman–Crippen MR) is 88.1 cm³/mol. The first-order valence-electron chi connectivity index (χ1n) is 8.19. The Balaban J connectivity index is 4.45. The van der Waals surface area contributed by atoms with Gasteiger partial charge in [-0.3, -0.25) is 14.4 Å². The van der Waals surface area contributed by atoms with Crippen molar-refractivity contribution in [2.24, 2.45) is 11.8 Å². The summed E-state index contributed by atoms with van der Waals surface area (Å²) in [7, 11) is 0. The summed E-state index contributed by atoms with van der Waals surface area (Å²) in [5.41, 5.74) is 0. The van der Waals surface area contributed by atoms with Crippen molar-refractivity contribution in [2.45, 2.75) is 66.3 Å². The predicted octanol–water partition coefficient (Wildman–Crippen LogP) is 2.25. The molecule has 0 aromatic rings. The molecule has 127 valence electrons. The Labute approximate surface area is 134 Å². The van der Waals surface area contributed by atoms with E-state index >= 15 is 0 Å². The number of Topliss-reactive ketones (excluding diaryl/α,β-unsaturated/α-hetero) is 1. The van der Waals surface area contributed by atoms with E-state index in [-0.39, 0.29) is 30.1 Å². The van der Waals surface area contributed by atoms with Crippen LogP contribution in [-0.2, 0) is 14.4 Å². The first kappa shape index (κ1) is 20.6. The minimum Gasteiger partial charge on any atom is -0.347 e. The average molecular weight is 311 g/mol. The van der Waals surface area contributed by atoms with Gasteiger partial charge in [0.2, 0.25) is 11.8 Å². The Morgan fingerprint density at radius 2 is 1.68 bits per heavy atom. The smallest absolute Gasteiger partial charge is 0.242 e. The molecule has 2 amide bonds. The van der Waals surface area contributed by atoms with Crippen LogP contribution in [0, 0.1) is 18.3 Å². The van der Waals surface area contributed by atoms with Crippen LogP contribution in [0.15, 0.2) is 0 Å². The molecule has 0 aliphatic heterocycles. The van der Waals surface area contributed by atoms with Crippen LogP contribution in [0.25, 0.3) is 0 Å². The molecule has 0 aliphatic carbocycles. The zero-order valence-electron chi connectivity index (χ0n) is 14.6. The minimum absolute atomic E-state index is 0.0108. The van der Waals surface area contributed by atoms with Gasteiger partial charge in [0.25, 0.3) is 0 Å². The third-order valence-corrected chi connectivity index (χ3v) is 3.18. The summed E-state index contributed by atoms with van der Waals surface area (Å²) in [5.74, 6) is 0.222. The molecule has 0 spiro atoms. The lowest BCUT2D eigenvalue weighted by Crippen LogP contribution is -2.48. The summed E-state index contributed by atoms with van der Waals surface area (Å²) in [4.78, 5) is 35.5. The van der Waals surface area contributed by atoms with Crippen LogP contribution in [0.1, 0.15) is 60.3 Å². The number of carbonyl (C=O) groups is 3. The third kappa shape index (κ3) is 10.4. The highest BCUT2D eigenvalue weighted by Crippen LogP contribution is 2.07. The molecule has 0 aromatic heterocycles. The van der Waals surface area contributed by atoms with E-state index in [1.54, 1.807) is 6.42 Å². The summed E-state index contributed by atoms with van der Waals surface area (Å²) in [5, 5.41) is 5.40. The standard InChI is InChI=1S/C17H31N2O3/c1-6-7-14(20)11-18-17(22)15(10-13(4)5)19-16(21)9-8-12(2)3/h7,12-13,15H,6,8-11H2,1-5H3,(H,18,22)(H,19,21). The maximum absolute atomic E-state index is 12.2. The highest BCUT2D eigenvalue weighted by atomic mass is 16.2. The molecule has 1 radical (unpaired) electrons. The van der Waals surface area contributed by atoms with E-state index in [2.05, 4.69) is 24.5 Å². The molecular weight excluding hydrogens is 280 g/mol. The second kappa shape index (κ2) is 11.2. The van der Waals surface area contributed by atoms with Gasteiger partial charge in [-0.25, -0.2) is 0 Å². The SMILES string of the molecule is CC[CH]C(=O)CNC(=O)C(CC(C)C)NC(=O)CCC(C)C. The summed E-state index contributed by atoms with van der Waals surface area (Å²) in [6.07, 6.45) is 3.97. The van der Waals surface area contributed by atoms with E-state index in [9.17, 15) is 14.4 Å². The fourth-order valence-electron chi connectivity index (χ4n) is 1.99. The van der Waals surface area contributed by atoms with Crippen LogP contribution in [-0.4, -0.2) is 30.2 Å². The molecule has 22 heavy (non-hydrogen) atoms. The van der Waals surface area contributed by atoms with E-state index in [1.807, 2.05) is 20.8 Å². The lowest BCUT2D eigenvalue weighted by atomic mass is 10.0. The first-order valence-corrected chi connectivity index (χ1v) is 8.19. The van der Waals surface area contributed by atoms with Gasteiger partial charge in [-0.05, 0) is 31.1 Å². The highest BCUT2D eigenvalue weighted by Gasteiger charge is 2.22. The molecule has 0 rings (SSSR count). The summed E-state index contributed by atoms with van der Waals surface area (Å²) in [6.45, 7) is 9.97. The number of hydrogen-bond acceptors (Lipinski definition) is 3. The molecule has 2 N–H and O–H groups in total. The summed E-state index contributed by atoms with van der Waals surface area (Å²) >= 11 is 0. The van der Waals surface area contributed by atoms with Crippen molar-refractivity contribution < 1.29 is 14.4 Å². The second-order valence-electron chi connectivity index (χ2n) is 6.48. The Hall–Kier alpha value is -1.39. The first-order chi connectivity index (χ1) is 10.3. The molecule has 0 aromatic carbocycles. The van der Waals surface area contributed by atoms with Crippen LogP contribution >= 0.6 is 0 Å². The van der Waals surface area contributed by atoms with Crippen molar-refractivity contribution in [3.8, 4) is 0 Å². The molecule has 1 unspecified atom stereocenters. The quantitative estimate of drug-likeness (QED) is 0.614. The van der Waals surface area contributed by atoms with Crippen molar-refractivity contribution in [3.63, 3.8) is 0 Å². The van der Waals surface area contributed by atoms with Crippen molar-refractivity contribution in [3.05, 3.63) is 6.42 Å². The summed E-state index contributed by atoms with van der Waals surface area (Å²) in [6, 6.07) is -0.575. The normalized spacial score (nSPS) is 12.3. The molecule has 0 saturated carbocycles. The number of amides is 2. The Morgan fingerprint density at radius 3 is 2.18 bits per heavy atom. The number of rotatable bonds is 11. The lowest BCUT2D eigenvalue weighted by Gasteiger charge is -2.20. The number of hydrogen-bond donors (Lipinski definition) is 2. The van der Waals surface area contributed by atoms with Gasteiger partial charge in [-0.2, -0.15) is 0 Å². The lowest BCUT2D eigenvalue weighted by molar-refractivity contribution is -0.130. The van der Waals surface area contributed by atoms with E-state index in [4.69, 9.17) is 0 Å². The van der Waals surface area contributed by atoms with Crippen LogP contribution in [0.5, 0.6) is 0 Å². The minimum atomic E-state index is -0.575. The van der Waals surface area contributed by atoms with Crippen LogP contribution < -0.4 is 10.6 Å². The molecule has 1 atom stereocenters. The summed E-state index contributed by atoms with van der Waals surface area (Å²) < 4.78 is 0. The van der Waals surface area contributed by atoms with Crippen molar-refractivity contribution in [1.29, 1.82) is 0 Å². The number of carbonyl (C=O) groups excluding carboxylic acids is 3. The molecule has 0 saturated heterocycles. The molecule has 0 heterocycles.